The third kappa shape index (κ3) is 4.63. The van der Waals surface area contributed by atoms with Crippen molar-refractivity contribution in [3.8, 4) is 0 Å². The molecule has 2 atom stereocenters. The Kier molecular flexibility index (Phi) is 7.04. The molecule has 1 fully saturated rings. The summed E-state index contributed by atoms with van der Waals surface area (Å²) in [5.41, 5.74) is 5.92. The number of carbonyl (C=O) groups excluding carboxylic acids is 1. The molecule has 3 nitrogen and oxygen atoms in total. The van der Waals surface area contributed by atoms with E-state index in [1.54, 1.807) is 11.8 Å². The third-order valence-electron chi connectivity index (χ3n) is 4.03. The molecule has 1 heterocycles. The van der Waals surface area contributed by atoms with Crippen molar-refractivity contribution in [3.05, 3.63) is 30.3 Å². The Bertz CT molecular complexity index is 457. The predicted octanol–water partition coefficient (Wildman–Crippen LogP) is 3.18. The van der Waals surface area contributed by atoms with E-state index in [9.17, 15) is 4.79 Å². The van der Waals surface area contributed by atoms with Crippen molar-refractivity contribution in [1.82, 2.24) is 4.90 Å². The summed E-state index contributed by atoms with van der Waals surface area (Å²) in [7, 11) is 0. The molecule has 0 saturated carbocycles. The van der Waals surface area contributed by atoms with Gasteiger partial charge in [0, 0.05) is 18.0 Å². The van der Waals surface area contributed by atoms with Crippen LogP contribution in [0.5, 0.6) is 0 Å². The first kappa shape index (κ1) is 18.3. The van der Waals surface area contributed by atoms with Crippen molar-refractivity contribution in [1.29, 1.82) is 0 Å². The number of likely N-dealkylation sites (tertiary alicyclic amines) is 1. The number of benzene rings is 1. The van der Waals surface area contributed by atoms with Crippen molar-refractivity contribution in [2.45, 2.75) is 36.8 Å². The van der Waals surface area contributed by atoms with E-state index in [4.69, 9.17) is 5.73 Å². The van der Waals surface area contributed by atoms with Crippen LogP contribution in [0.25, 0.3) is 0 Å². The molecule has 1 aliphatic heterocycles. The van der Waals surface area contributed by atoms with Gasteiger partial charge in [0.1, 0.15) is 0 Å². The molecule has 1 aromatic carbocycles. The first-order valence-corrected chi connectivity index (χ1v) is 8.16. The van der Waals surface area contributed by atoms with E-state index in [2.05, 4.69) is 26.0 Å². The van der Waals surface area contributed by atoms with Gasteiger partial charge < -0.3 is 10.6 Å². The number of amides is 1. The maximum Gasteiger partial charge on any atom is 0.236 e. The molecule has 0 bridgehead atoms. The fourth-order valence-corrected chi connectivity index (χ4v) is 3.61. The summed E-state index contributed by atoms with van der Waals surface area (Å²) < 4.78 is 0. The Morgan fingerprint density at radius 1 is 1.43 bits per heavy atom. The Morgan fingerprint density at radius 2 is 2.10 bits per heavy atom. The van der Waals surface area contributed by atoms with Gasteiger partial charge in [-0.1, -0.05) is 32.0 Å². The summed E-state index contributed by atoms with van der Waals surface area (Å²) in [5, 5.41) is 0.0116. The minimum Gasteiger partial charge on any atom is -0.341 e. The zero-order chi connectivity index (χ0) is 14.6. The number of hydrogen-bond donors (Lipinski definition) is 1. The Balaban J connectivity index is 0.00000220. The second-order valence-electron chi connectivity index (χ2n) is 5.85. The highest BCUT2D eigenvalue weighted by molar-refractivity contribution is 8.00. The van der Waals surface area contributed by atoms with Gasteiger partial charge in [0.25, 0.3) is 0 Å². The van der Waals surface area contributed by atoms with Crippen LogP contribution in [0.4, 0.5) is 0 Å². The van der Waals surface area contributed by atoms with Crippen LogP contribution in [-0.4, -0.2) is 35.7 Å². The van der Waals surface area contributed by atoms with E-state index in [1.165, 1.54) is 0 Å². The zero-order valence-electron chi connectivity index (χ0n) is 12.7. The number of nitrogens with two attached hydrogens (primary N) is 1. The summed E-state index contributed by atoms with van der Waals surface area (Å²) >= 11 is 1.67. The van der Waals surface area contributed by atoms with Gasteiger partial charge in [-0.2, -0.15) is 0 Å². The van der Waals surface area contributed by atoms with Crippen molar-refractivity contribution >= 4 is 30.1 Å². The Hall–Kier alpha value is -0.710. The Labute approximate surface area is 138 Å². The SMILES string of the molecule is CCC(Sc1ccccc1)C(=O)N1CCC(C)(CN)C1.Cl. The number of halogens is 1. The first-order valence-electron chi connectivity index (χ1n) is 7.28. The maximum atomic E-state index is 12.6. The molecule has 0 radical (unpaired) electrons. The van der Waals surface area contributed by atoms with Crippen LogP contribution in [-0.2, 0) is 4.79 Å². The number of rotatable bonds is 5. The molecule has 5 heteroatoms. The van der Waals surface area contributed by atoms with E-state index >= 15 is 0 Å². The van der Waals surface area contributed by atoms with Gasteiger partial charge in [-0.05, 0) is 36.9 Å². The van der Waals surface area contributed by atoms with Gasteiger partial charge in [0.05, 0.1) is 5.25 Å². The highest BCUT2D eigenvalue weighted by atomic mass is 35.5. The molecule has 0 aromatic heterocycles. The lowest BCUT2D eigenvalue weighted by Crippen LogP contribution is -2.38. The minimum absolute atomic E-state index is 0. The quantitative estimate of drug-likeness (QED) is 0.844. The Morgan fingerprint density at radius 3 is 2.62 bits per heavy atom. The molecular weight excluding hydrogens is 304 g/mol. The second-order valence-corrected chi connectivity index (χ2v) is 7.13. The fraction of sp³-hybridized carbons (Fsp3) is 0.562. The van der Waals surface area contributed by atoms with Gasteiger partial charge >= 0.3 is 0 Å². The lowest BCUT2D eigenvalue weighted by Gasteiger charge is -2.25. The van der Waals surface area contributed by atoms with Crippen LogP contribution in [0.1, 0.15) is 26.7 Å². The number of thioether (sulfide) groups is 1. The molecule has 1 aliphatic rings. The van der Waals surface area contributed by atoms with Crippen molar-refractivity contribution in [2.75, 3.05) is 19.6 Å². The third-order valence-corrected chi connectivity index (χ3v) is 5.39. The van der Waals surface area contributed by atoms with Crippen molar-refractivity contribution < 1.29 is 4.79 Å². The maximum absolute atomic E-state index is 12.6. The topological polar surface area (TPSA) is 46.3 Å². The van der Waals surface area contributed by atoms with Crippen LogP contribution in [0.2, 0.25) is 0 Å². The van der Waals surface area contributed by atoms with E-state index in [0.29, 0.717) is 6.54 Å². The average Bonchev–Trinajstić information content (AvgIpc) is 2.88. The van der Waals surface area contributed by atoms with Gasteiger partial charge in [0.2, 0.25) is 5.91 Å². The zero-order valence-corrected chi connectivity index (χ0v) is 14.4. The second kappa shape index (κ2) is 8.06. The number of nitrogens with zero attached hydrogens (tertiary/aromatic N) is 1. The van der Waals surface area contributed by atoms with Crippen LogP contribution in [0.15, 0.2) is 35.2 Å². The summed E-state index contributed by atoms with van der Waals surface area (Å²) in [4.78, 5) is 15.8. The molecule has 118 valence electrons. The van der Waals surface area contributed by atoms with E-state index < -0.39 is 0 Å². The van der Waals surface area contributed by atoms with Crippen LogP contribution < -0.4 is 5.73 Å². The number of carbonyl (C=O) groups is 1. The summed E-state index contributed by atoms with van der Waals surface area (Å²) in [6, 6.07) is 10.2. The van der Waals surface area contributed by atoms with Crippen LogP contribution in [0.3, 0.4) is 0 Å². The molecule has 1 saturated heterocycles. The normalized spacial score (nSPS) is 22.7. The summed E-state index contributed by atoms with van der Waals surface area (Å²) in [6.07, 6.45) is 1.87. The van der Waals surface area contributed by atoms with Gasteiger partial charge in [-0.15, -0.1) is 24.2 Å². The lowest BCUT2D eigenvalue weighted by molar-refractivity contribution is -0.129. The van der Waals surface area contributed by atoms with Gasteiger partial charge in [-0.25, -0.2) is 0 Å². The molecule has 2 N–H and O–H groups in total. The largest absolute Gasteiger partial charge is 0.341 e. The minimum atomic E-state index is 0. The monoisotopic (exact) mass is 328 g/mol. The smallest absolute Gasteiger partial charge is 0.236 e. The fourth-order valence-electron chi connectivity index (χ4n) is 2.55. The molecule has 0 spiro atoms. The molecule has 1 amide bonds. The molecule has 2 unspecified atom stereocenters. The van der Waals surface area contributed by atoms with E-state index in [0.717, 1.165) is 30.8 Å². The molecule has 21 heavy (non-hydrogen) atoms. The molecule has 0 aliphatic carbocycles. The van der Waals surface area contributed by atoms with E-state index in [1.807, 2.05) is 23.1 Å². The number of hydrogen-bond acceptors (Lipinski definition) is 3. The van der Waals surface area contributed by atoms with Crippen molar-refractivity contribution in [3.63, 3.8) is 0 Å². The summed E-state index contributed by atoms with van der Waals surface area (Å²) in [5.74, 6) is 0.263. The first-order chi connectivity index (χ1) is 9.58. The molecular formula is C16H25ClN2OS. The van der Waals surface area contributed by atoms with E-state index in [-0.39, 0.29) is 29.0 Å². The van der Waals surface area contributed by atoms with Crippen molar-refractivity contribution in [2.24, 2.45) is 11.1 Å². The highest BCUT2D eigenvalue weighted by Crippen LogP contribution is 2.32. The molecule has 2 rings (SSSR count). The summed E-state index contributed by atoms with van der Waals surface area (Å²) in [6.45, 7) is 6.55. The molecule has 1 aromatic rings. The average molecular weight is 329 g/mol. The van der Waals surface area contributed by atoms with Crippen LogP contribution >= 0.6 is 24.2 Å². The van der Waals surface area contributed by atoms with Gasteiger partial charge in [0.15, 0.2) is 0 Å². The predicted molar refractivity (Wildman–Crippen MR) is 92.0 cm³/mol. The lowest BCUT2D eigenvalue weighted by atomic mass is 9.90. The van der Waals surface area contributed by atoms with Crippen LogP contribution in [0, 0.1) is 5.41 Å². The highest BCUT2D eigenvalue weighted by Gasteiger charge is 2.36. The standard InChI is InChI=1S/C16H24N2OS.ClH/c1-3-14(20-13-7-5-4-6-8-13)15(19)18-10-9-16(2,11-17)12-18;/h4-8,14H,3,9-12,17H2,1-2H3;1H. The van der Waals surface area contributed by atoms with Gasteiger partial charge in [-0.3, -0.25) is 4.79 Å².